The number of hydrogen-bond acceptors (Lipinski definition) is 4. The van der Waals surface area contributed by atoms with Crippen LogP contribution in [0, 0.1) is 0 Å². The maximum Gasteiger partial charge on any atom is 0.256 e. The SMILES string of the molecule is COc1cccc(N2C(=O)C[C@@H](Nc3cccc(Cl)c3Cl)C2=O)c1. The number of ether oxygens (including phenoxy) is 1. The molecule has 0 saturated carbocycles. The third-order valence-electron chi connectivity index (χ3n) is 3.74. The molecule has 2 aromatic rings. The maximum atomic E-state index is 12.6. The van der Waals surface area contributed by atoms with Gasteiger partial charge in [-0.3, -0.25) is 9.59 Å². The molecular weight excluding hydrogens is 351 g/mol. The second-order valence-electron chi connectivity index (χ2n) is 5.27. The number of nitrogens with zero attached hydrogens (tertiary/aromatic N) is 1. The molecule has 1 heterocycles. The fraction of sp³-hybridized carbons (Fsp3) is 0.176. The van der Waals surface area contributed by atoms with E-state index in [1.807, 2.05) is 0 Å². The first-order chi connectivity index (χ1) is 11.5. The molecule has 2 amide bonds. The number of anilines is 2. The van der Waals surface area contributed by atoms with Crippen LogP contribution in [0.2, 0.25) is 10.0 Å². The quantitative estimate of drug-likeness (QED) is 0.839. The first kappa shape index (κ1) is 16.6. The van der Waals surface area contributed by atoms with Crippen LogP contribution in [-0.4, -0.2) is 25.0 Å². The molecule has 7 heteroatoms. The minimum Gasteiger partial charge on any atom is -0.497 e. The first-order valence-electron chi connectivity index (χ1n) is 7.22. The van der Waals surface area contributed by atoms with Gasteiger partial charge in [-0.1, -0.05) is 35.3 Å². The van der Waals surface area contributed by atoms with Gasteiger partial charge in [-0.05, 0) is 24.3 Å². The van der Waals surface area contributed by atoms with Crippen molar-refractivity contribution < 1.29 is 14.3 Å². The zero-order valence-electron chi connectivity index (χ0n) is 12.8. The van der Waals surface area contributed by atoms with E-state index in [2.05, 4.69) is 5.32 Å². The molecular formula is C17H14Cl2N2O3. The number of imide groups is 1. The van der Waals surface area contributed by atoms with Crippen LogP contribution in [0.25, 0.3) is 0 Å². The minimum atomic E-state index is -0.695. The van der Waals surface area contributed by atoms with Gasteiger partial charge in [0, 0.05) is 6.07 Å². The zero-order chi connectivity index (χ0) is 17.3. The molecule has 124 valence electrons. The number of methoxy groups -OCH3 is 1. The van der Waals surface area contributed by atoms with E-state index in [9.17, 15) is 9.59 Å². The maximum absolute atomic E-state index is 12.6. The van der Waals surface area contributed by atoms with E-state index in [0.717, 1.165) is 4.90 Å². The summed E-state index contributed by atoms with van der Waals surface area (Å²) in [5.41, 5.74) is 0.994. The highest BCUT2D eigenvalue weighted by molar-refractivity contribution is 6.43. The summed E-state index contributed by atoms with van der Waals surface area (Å²) in [6.45, 7) is 0. The number of halogens is 2. The average Bonchev–Trinajstić information content (AvgIpc) is 2.85. The van der Waals surface area contributed by atoms with Gasteiger partial charge >= 0.3 is 0 Å². The molecule has 0 radical (unpaired) electrons. The van der Waals surface area contributed by atoms with E-state index in [-0.39, 0.29) is 18.2 Å². The van der Waals surface area contributed by atoms with Crippen molar-refractivity contribution in [1.29, 1.82) is 0 Å². The molecule has 5 nitrogen and oxygen atoms in total. The molecule has 0 aliphatic carbocycles. The van der Waals surface area contributed by atoms with Gasteiger partial charge in [0.2, 0.25) is 5.91 Å². The van der Waals surface area contributed by atoms with Gasteiger partial charge in [0.05, 0.1) is 35.0 Å². The Hall–Kier alpha value is -2.24. The number of nitrogens with one attached hydrogen (secondary N) is 1. The van der Waals surface area contributed by atoms with Gasteiger partial charge in [0.1, 0.15) is 11.8 Å². The number of carbonyl (C=O) groups excluding carboxylic acids is 2. The van der Waals surface area contributed by atoms with Crippen molar-refractivity contribution in [1.82, 2.24) is 0 Å². The Morgan fingerprint density at radius 3 is 2.67 bits per heavy atom. The van der Waals surface area contributed by atoms with Gasteiger partial charge in [-0.15, -0.1) is 0 Å². The first-order valence-corrected chi connectivity index (χ1v) is 7.98. The molecule has 24 heavy (non-hydrogen) atoms. The van der Waals surface area contributed by atoms with Gasteiger partial charge in [-0.25, -0.2) is 4.90 Å². The monoisotopic (exact) mass is 364 g/mol. The van der Waals surface area contributed by atoms with E-state index in [1.165, 1.54) is 7.11 Å². The van der Waals surface area contributed by atoms with E-state index in [4.69, 9.17) is 27.9 Å². The highest BCUT2D eigenvalue weighted by Crippen LogP contribution is 2.32. The lowest BCUT2D eigenvalue weighted by atomic mass is 10.2. The van der Waals surface area contributed by atoms with E-state index >= 15 is 0 Å². The lowest BCUT2D eigenvalue weighted by Crippen LogP contribution is -2.34. The normalized spacial score (nSPS) is 17.3. The molecule has 1 saturated heterocycles. The topological polar surface area (TPSA) is 58.6 Å². The van der Waals surface area contributed by atoms with Gasteiger partial charge < -0.3 is 10.1 Å². The summed E-state index contributed by atoms with van der Waals surface area (Å²) in [4.78, 5) is 26.1. The predicted molar refractivity (Wildman–Crippen MR) is 94.0 cm³/mol. The van der Waals surface area contributed by atoms with E-state index in [0.29, 0.717) is 27.2 Å². The van der Waals surface area contributed by atoms with E-state index < -0.39 is 6.04 Å². The Morgan fingerprint density at radius 1 is 1.17 bits per heavy atom. The van der Waals surface area contributed by atoms with Crippen molar-refractivity contribution >= 4 is 46.4 Å². The molecule has 1 aliphatic rings. The standard InChI is InChI=1S/C17H14Cl2N2O3/c1-24-11-5-2-4-10(8-11)21-15(22)9-14(17(21)23)20-13-7-3-6-12(18)16(13)19/h2-8,14,20H,9H2,1H3/t14-/m1/s1. The van der Waals surface area contributed by atoms with Crippen molar-refractivity contribution in [2.75, 3.05) is 17.3 Å². The third kappa shape index (κ3) is 3.05. The van der Waals surface area contributed by atoms with Crippen molar-refractivity contribution in [3.8, 4) is 5.75 Å². The molecule has 3 rings (SSSR count). The highest BCUT2D eigenvalue weighted by atomic mass is 35.5. The third-order valence-corrected chi connectivity index (χ3v) is 4.56. The fourth-order valence-corrected chi connectivity index (χ4v) is 2.92. The van der Waals surface area contributed by atoms with Gasteiger partial charge in [0.25, 0.3) is 5.91 Å². The minimum absolute atomic E-state index is 0.0406. The Kier molecular flexibility index (Phi) is 4.64. The van der Waals surface area contributed by atoms with Crippen LogP contribution in [0.5, 0.6) is 5.75 Å². The smallest absolute Gasteiger partial charge is 0.256 e. The summed E-state index contributed by atoms with van der Waals surface area (Å²) in [5.74, 6) is -0.0596. The lowest BCUT2D eigenvalue weighted by molar-refractivity contribution is -0.121. The summed E-state index contributed by atoms with van der Waals surface area (Å²) in [6, 6.07) is 11.2. The van der Waals surface area contributed by atoms with Crippen LogP contribution in [0.1, 0.15) is 6.42 Å². The number of carbonyl (C=O) groups is 2. The average molecular weight is 365 g/mol. The molecule has 1 N–H and O–H groups in total. The number of benzene rings is 2. The summed E-state index contributed by atoms with van der Waals surface area (Å²) < 4.78 is 5.14. The zero-order valence-corrected chi connectivity index (χ0v) is 14.3. The highest BCUT2D eigenvalue weighted by Gasteiger charge is 2.40. The molecule has 0 unspecified atom stereocenters. The summed E-state index contributed by atoms with van der Waals surface area (Å²) in [5, 5.41) is 3.70. The molecule has 2 aromatic carbocycles. The summed E-state index contributed by atoms with van der Waals surface area (Å²) >= 11 is 12.1. The van der Waals surface area contributed by atoms with Gasteiger partial charge in [0.15, 0.2) is 0 Å². The van der Waals surface area contributed by atoms with Gasteiger partial charge in [-0.2, -0.15) is 0 Å². The molecule has 1 fully saturated rings. The van der Waals surface area contributed by atoms with Crippen LogP contribution < -0.4 is 15.0 Å². The predicted octanol–water partition coefficient (Wildman–Crippen LogP) is 3.75. The Bertz CT molecular complexity index is 810. The van der Waals surface area contributed by atoms with Crippen LogP contribution in [0.3, 0.4) is 0 Å². The largest absolute Gasteiger partial charge is 0.497 e. The van der Waals surface area contributed by atoms with Crippen molar-refractivity contribution in [3.05, 3.63) is 52.5 Å². The van der Waals surface area contributed by atoms with Crippen LogP contribution in [0.4, 0.5) is 11.4 Å². The van der Waals surface area contributed by atoms with Crippen molar-refractivity contribution in [2.24, 2.45) is 0 Å². The van der Waals surface area contributed by atoms with E-state index in [1.54, 1.807) is 42.5 Å². The van der Waals surface area contributed by atoms with Crippen molar-refractivity contribution in [3.63, 3.8) is 0 Å². The second kappa shape index (κ2) is 6.71. The van der Waals surface area contributed by atoms with Crippen molar-refractivity contribution in [2.45, 2.75) is 12.5 Å². The van der Waals surface area contributed by atoms with Crippen LogP contribution >= 0.6 is 23.2 Å². The molecule has 0 bridgehead atoms. The summed E-state index contributed by atoms with van der Waals surface area (Å²) in [7, 11) is 1.53. The molecule has 0 spiro atoms. The van der Waals surface area contributed by atoms with Crippen LogP contribution in [-0.2, 0) is 9.59 Å². The summed E-state index contributed by atoms with van der Waals surface area (Å²) in [6.07, 6.45) is 0.0406. The lowest BCUT2D eigenvalue weighted by Gasteiger charge is -2.17. The Labute approximate surface area is 149 Å². The molecule has 0 aromatic heterocycles. The Balaban J connectivity index is 1.85. The molecule has 1 aliphatic heterocycles. The van der Waals surface area contributed by atoms with Crippen LogP contribution in [0.15, 0.2) is 42.5 Å². The number of amides is 2. The number of hydrogen-bond donors (Lipinski definition) is 1. The second-order valence-corrected chi connectivity index (χ2v) is 6.06. The molecule has 1 atom stereocenters. The number of rotatable bonds is 4. The Morgan fingerprint density at radius 2 is 1.92 bits per heavy atom. The fourth-order valence-electron chi connectivity index (χ4n) is 2.57.